The van der Waals surface area contributed by atoms with Crippen LogP contribution in [0.4, 0.5) is 13.2 Å². The highest BCUT2D eigenvalue weighted by molar-refractivity contribution is 5.96. The summed E-state index contributed by atoms with van der Waals surface area (Å²) < 4.78 is 43.2. The van der Waals surface area contributed by atoms with E-state index in [1.165, 1.54) is 19.2 Å². The van der Waals surface area contributed by atoms with Crippen LogP contribution in [0.3, 0.4) is 0 Å². The van der Waals surface area contributed by atoms with E-state index in [4.69, 9.17) is 4.74 Å². The van der Waals surface area contributed by atoms with Crippen LogP contribution >= 0.6 is 0 Å². The van der Waals surface area contributed by atoms with Gasteiger partial charge in [-0.25, -0.2) is 0 Å². The fourth-order valence-electron chi connectivity index (χ4n) is 1.65. The van der Waals surface area contributed by atoms with Crippen molar-refractivity contribution in [2.45, 2.75) is 25.6 Å². The molecule has 0 saturated carbocycles. The van der Waals surface area contributed by atoms with Gasteiger partial charge in [0, 0.05) is 7.11 Å². The third-order valence-corrected chi connectivity index (χ3v) is 2.67. The summed E-state index contributed by atoms with van der Waals surface area (Å²) in [5.41, 5.74) is -1.30. The first-order valence-electron chi connectivity index (χ1n) is 5.86. The molecule has 0 fully saturated rings. The van der Waals surface area contributed by atoms with Crippen molar-refractivity contribution in [1.29, 1.82) is 0 Å². The maximum Gasteiger partial charge on any atom is 0.417 e. The normalized spacial score (nSPS) is 13.1. The topological polar surface area (TPSA) is 38.3 Å². The zero-order valence-corrected chi connectivity index (χ0v) is 10.8. The average Bonchev–Trinajstić information content (AvgIpc) is 2.37. The lowest BCUT2D eigenvalue weighted by Gasteiger charge is -2.18. The van der Waals surface area contributed by atoms with Crippen molar-refractivity contribution >= 4 is 5.91 Å². The van der Waals surface area contributed by atoms with Crippen molar-refractivity contribution in [2.24, 2.45) is 0 Å². The second-order valence-electron chi connectivity index (χ2n) is 4.08. The predicted octanol–water partition coefficient (Wildman–Crippen LogP) is 2.86. The highest BCUT2D eigenvalue weighted by atomic mass is 19.4. The molecule has 1 atom stereocenters. The molecule has 19 heavy (non-hydrogen) atoms. The van der Waals surface area contributed by atoms with Gasteiger partial charge in [-0.05, 0) is 18.6 Å². The maximum atomic E-state index is 12.8. The molecule has 0 saturated heterocycles. The predicted molar refractivity (Wildman–Crippen MR) is 64.9 cm³/mol. The number of benzene rings is 1. The number of amides is 1. The molecule has 0 aliphatic carbocycles. The average molecular weight is 275 g/mol. The summed E-state index contributed by atoms with van der Waals surface area (Å²) in [6, 6.07) is 4.41. The Labute approximate surface area is 109 Å². The number of carbonyl (C=O) groups excluding carboxylic acids is 1. The van der Waals surface area contributed by atoms with Gasteiger partial charge in [0.05, 0.1) is 23.8 Å². The van der Waals surface area contributed by atoms with Crippen LogP contribution in [0.5, 0.6) is 0 Å². The van der Waals surface area contributed by atoms with Crippen LogP contribution in [0.1, 0.15) is 29.3 Å². The van der Waals surface area contributed by atoms with E-state index in [0.717, 1.165) is 12.1 Å². The molecule has 1 amide bonds. The molecule has 0 heterocycles. The first kappa shape index (κ1) is 15.5. The lowest BCUT2D eigenvalue weighted by Crippen LogP contribution is -2.38. The molecule has 0 radical (unpaired) electrons. The summed E-state index contributed by atoms with van der Waals surface area (Å²) in [5, 5.41) is 2.53. The molecule has 3 nitrogen and oxygen atoms in total. The van der Waals surface area contributed by atoms with Crippen molar-refractivity contribution in [3.8, 4) is 0 Å². The largest absolute Gasteiger partial charge is 0.417 e. The molecule has 1 rings (SSSR count). The van der Waals surface area contributed by atoms with Crippen molar-refractivity contribution in [1.82, 2.24) is 5.32 Å². The van der Waals surface area contributed by atoms with Gasteiger partial charge in [-0.2, -0.15) is 13.2 Å². The first-order valence-corrected chi connectivity index (χ1v) is 5.86. The minimum Gasteiger partial charge on any atom is -0.383 e. The highest BCUT2D eigenvalue weighted by Gasteiger charge is 2.35. The number of alkyl halides is 3. The van der Waals surface area contributed by atoms with Crippen molar-refractivity contribution in [3.63, 3.8) is 0 Å². The van der Waals surface area contributed by atoms with E-state index >= 15 is 0 Å². The second-order valence-corrected chi connectivity index (χ2v) is 4.08. The zero-order valence-electron chi connectivity index (χ0n) is 10.8. The summed E-state index contributed by atoms with van der Waals surface area (Å²) in [6.45, 7) is 2.08. The Morgan fingerprint density at radius 3 is 2.53 bits per heavy atom. The van der Waals surface area contributed by atoms with E-state index in [1.807, 2.05) is 6.92 Å². The molecule has 0 spiro atoms. The van der Waals surface area contributed by atoms with E-state index in [9.17, 15) is 18.0 Å². The van der Waals surface area contributed by atoms with Gasteiger partial charge in [-0.1, -0.05) is 19.1 Å². The van der Waals surface area contributed by atoms with Gasteiger partial charge in [0.15, 0.2) is 0 Å². The number of nitrogens with one attached hydrogen (secondary N) is 1. The second kappa shape index (κ2) is 6.56. The van der Waals surface area contributed by atoms with E-state index in [-0.39, 0.29) is 18.2 Å². The third-order valence-electron chi connectivity index (χ3n) is 2.67. The molecule has 0 aromatic heterocycles. The van der Waals surface area contributed by atoms with Crippen molar-refractivity contribution < 1.29 is 22.7 Å². The number of methoxy groups -OCH3 is 1. The molecule has 1 N–H and O–H groups in total. The maximum absolute atomic E-state index is 12.8. The van der Waals surface area contributed by atoms with Gasteiger partial charge in [0.25, 0.3) is 5.91 Å². The highest BCUT2D eigenvalue weighted by Crippen LogP contribution is 2.31. The summed E-state index contributed by atoms with van der Waals surface area (Å²) in [6.07, 6.45) is -3.97. The van der Waals surface area contributed by atoms with Crippen LogP contribution in [-0.4, -0.2) is 25.7 Å². The van der Waals surface area contributed by atoms with E-state index < -0.39 is 17.6 Å². The smallest absolute Gasteiger partial charge is 0.383 e. The van der Waals surface area contributed by atoms with Gasteiger partial charge in [0.1, 0.15) is 0 Å². The molecule has 0 bridgehead atoms. The van der Waals surface area contributed by atoms with Crippen LogP contribution in [0, 0.1) is 0 Å². The Morgan fingerprint density at radius 1 is 1.37 bits per heavy atom. The molecule has 0 aliphatic rings. The Hall–Kier alpha value is -1.56. The van der Waals surface area contributed by atoms with Gasteiger partial charge in [-0.3, -0.25) is 4.79 Å². The van der Waals surface area contributed by atoms with E-state index in [0.29, 0.717) is 6.42 Å². The van der Waals surface area contributed by atoms with Gasteiger partial charge in [-0.15, -0.1) is 0 Å². The molecule has 1 aromatic carbocycles. The van der Waals surface area contributed by atoms with Gasteiger partial charge in [0.2, 0.25) is 0 Å². The van der Waals surface area contributed by atoms with E-state index in [2.05, 4.69) is 5.32 Å². The Morgan fingerprint density at radius 2 is 2.00 bits per heavy atom. The molecule has 6 heteroatoms. The quantitative estimate of drug-likeness (QED) is 0.897. The van der Waals surface area contributed by atoms with Crippen LogP contribution < -0.4 is 5.32 Å². The van der Waals surface area contributed by atoms with E-state index in [1.54, 1.807) is 0 Å². The Balaban J connectivity index is 2.94. The number of rotatable bonds is 5. The van der Waals surface area contributed by atoms with Crippen LogP contribution in [0.25, 0.3) is 0 Å². The number of hydrogen-bond acceptors (Lipinski definition) is 2. The lowest BCUT2D eigenvalue weighted by atomic mass is 10.1. The number of carbonyl (C=O) groups is 1. The molecule has 1 unspecified atom stereocenters. The van der Waals surface area contributed by atoms with Gasteiger partial charge >= 0.3 is 6.18 Å². The minimum absolute atomic E-state index is 0.260. The Kier molecular flexibility index (Phi) is 5.35. The summed E-state index contributed by atoms with van der Waals surface area (Å²) in [4.78, 5) is 11.9. The Bertz CT molecular complexity index is 432. The molecule has 106 valence electrons. The van der Waals surface area contributed by atoms with Crippen LogP contribution in [-0.2, 0) is 10.9 Å². The standard InChI is InChI=1S/C13H16F3NO2/c1-3-9(8-19-2)17-12(18)10-6-4-5-7-11(10)13(14,15)16/h4-7,9H,3,8H2,1-2H3,(H,17,18). The molecular formula is C13H16F3NO2. The number of halogens is 3. The van der Waals surface area contributed by atoms with Crippen molar-refractivity contribution in [2.75, 3.05) is 13.7 Å². The number of hydrogen-bond donors (Lipinski definition) is 1. The summed E-state index contributed by atoms with van der Waals surface area (Å²) in [7, 11) is 1.47. The summed E-state index contributed by atoms with van der Waals surface area (Å²) in [5.74, 6) is -0.739. The molecule has 1 aromatic rings. The summed E-state index contributed by atoms with van der Waals surface area (Å²) >= 11 is 0. The third kappa shape index (κ3) is 4.24. The lowest BCUT2D eigenvalue weighted by molar-refractivity contribution is -0.137. The van der Waals surface area contributed by atoms with Crippen molar-refractivity contribution in [3.05, 3.63) is 35.4 Å². The molecule has 0 aliphatic heterocycles. The monoisotopic (exact) mass is 275 g/mol. The number of ether oxygens (including phenoxy) is 1. The van der Waals surface area contributed by atoms with Gasteiger partial charge < -0.3 is 10.1 Å². The SMILES string of the molecule is CCC(COC)NC(=O)c1ccccc1C(F)(F)F. The fraction of sp³-hybridized carbons (Fsp3) is 0.462. The minimum atomic E-state index is -4.54. The zero-order chi connectivity index (χ0) is 14.5. The fourth-order valence-corrected chi connectivity index (χ4v) is 1.65. The van der Waals surface area contributed by atoms with Crippen LogP contribution in [0.15, 0.2) is 24.3 Å². The van der Waals surface area contributed by atoms with Crippen LogP contribution in [0.2, 0.25) is 0 Å². The first-order chi connectivity index (χ1) is 8.90. The molecular weight excluding hydrogens is 259 g/mol.